The van der Waals surface area contributed by atoms with Crippen LogP contribution in [-0.4, -0.2) is 23.9 Å². The molecule has 22 heavy (non-hydrogen) atoms. The zero-order valence-corrected chi connectivity index (χ0v) is 12.8. The predicted octanol–water partition coefficient (Wildman–Crippen LogP) is 3.10. The van der Waals surface area contributed by atoms with Crippen LogP contribution < -0.4 is 11.1 Å². The molecule has 6 heteroatoms. The molecule has 3 N–H and O–H groups in total. The quantitative estimate of drug-likeness (QED) is 0.909. The van der Waals surface area contributed by atoms with Crippen LogP contribution in [0.25, 0.3) is 0 Å². The monoisotopic (exact) mass is 317 g/mol. The summed E-state index contributed by atoms with van der Waals surface area (Å²) >= 11 is 5.84. The Morgan fingerprint density at radius 1 is 1.18 bits per heavy atom. The summed E-state index contributed by atoms with van der Waals surface area (Å²) in [5.41, 5.74) is 7.01. The molecule has 0 fully saturated rings. The van der Waals surface area contributed by atoms with Crippen molar-refractivity contribution in [3.63, 3.8) is 0 Å². The van der Waals surface area contributed by atoms with Crippen molar-refractivity contribution in [2.24, 2.45) is 5.73 Å². The number of urea groups is 1. The molecule has 0 saturated carbocycles. The molecular formula is C16H16ClN3O2. The van der Waals surface area contributed by atoms with Gasteiger partial charge in [0.05, 0.1) is 0 Å². The van der Waals surface area contributed by atoms with Crippen LogP contribution in [0, 0.1) is 0 Å². The maximum atomic E-state index is 12.4. The summed E-state index contributed by atoms with van der Waals surface area (Å²) in [6.07, 6.45) is 0. The van der Waals surface area contributed by atoms with Gasteiger partial charge in [-0.2, -0.15) is 0 Å². The van der Waals surface area contributed by atoms with Gasteiger partial charge in [-0.25, -0.2) is 4.79 Å². The second kappa shape index (κ2) is 6.95. The van der Waals surface area contributed by atoms with Gasteiger partial charge in [-0.3, -0.25) is 4.79 Å². The number of hydrogen-bond acceptors (Lipinski definition) is 2. The van der Waals surface area contributed by atoms with Gasteiger partial charge in [0.15, 0.2) is 0 Å². The molecule has 0 atom stereocenters. The Bertz CT molecular complexity index is 686. The fourth-order valence-corrected chi connectivity index (χ4v) is 2.15. The Balaban J connectivity index is 2.09. The molecule has 3 amide bonds. The van der Waals surface area contributed by atoms with E-state index in [1.165, 1.54) is 0 Å². The minimum Gasteiger partial charge on any atom is -0.351 e. The molecule has 0 heterocycles. The summed E-state index contributed by atoms with van der Waals surface area (Å²) in [5, 5.41) is 3.10. The highest BCUT2D eigenvalue weighted by molar-refractivity contribution is 6.30. The molecule has 0 aliphatic carbocycles. The molecule has 0 spiro atoms. The summed E-state index contributed by atoms with van der Waals surface area (Å²) in [5.74, 6) is -0.150. The van der Waals surface area contributed by atoms with E-state index in [4.69, 9.17) is 17.3 Å². The summed E-state index contributed by atoms with van der Waals surface area (Å²) in [7, 11) is 1.71. The van der Waals surface area contributed by atoms with Gasteiger partial charge < -0.3 is 16.0 Å². The van der Waals surface area contributed by atoms with Gasteiger partial charge in [-0.15, -0.1) is 0 Å². The number of nitrogens with one attached hydrogen (secondary N) is 1. The number of halogens is 1. The fourth-order valence-electron chi connectivity index (χ4n) is 2.03. The first-order valence-electron chi connectivity index (χ1n) is 6.62. The van der Waals surface area contributed by atoms with Gasteiger partial charge in [0.25, 0.3) is 5.91 Å². The zero-order chi connectivity index (χ0) is 16.1. The van der Waals surface area contributed by atoms with E-state index in [2.05, 4.69) is 5.32 Å². The van der Waals surface area contributed by atoms with E-state index in [0.29, 0.717) is 22.8 Å². The first kappa shape index (κ1) is 15.9. The lowest BCUT2D eigenvalue weighted by molar-refractivity contribution is 0.0785. The molecule has 2 aromatic rings. The van der Waals surface area contributed by atoms with Crippen molar-refractivity contribution in [2.45, 2.75) is 6.54 Å². The number of rotatable bonds is 4. The molecule has 0 aromatic heterocycles. The van der Waals surface area contributed by atoms with Crippen LogP contribution in [0.3, 0.4) is 0 Å². The van der Waals surface area contributed by atoms with Gasteiger partial charge >= 0.3 is 6.03 Å². The van der Waals surface area contributed by atoms with Crippen LogP contribution >= 0.6 is 11.6 Å². The average Bonchev–Trinajstić information content (AvgIpc) is 2.48. The number of nitrogens with two attached hydrogens (primary N) is 1. The lowest BCUT2D eigenvalue weighted by atomic mass is 10.1. The van der Waals surface area contributed by atoms with E-state index in [9.17, 15) is 9.59 Å². The SMILES string of the molecule is CN(Cc1ccc(Cl)cc1)C(=O)c1cccc(NC(N)=O)c1. The molecule has 0 aliphatic heterocycles. The fraction of sp³-hybridized carbons (Fsp3) is 0.125. The van der Waals surface area contributed by atoms with Crippen molar-refractivity contribution in [2.75, 3.05) is 12.4 Å². The van der Waals surface area contributed by atoms with Gasteiger partial charge in [-0.05, 0) is 35.9 Å². The van der Waals surface area contributed by atoms with Gasteiger partial charge in [0.1, 0.15) is 0 Å². The lowest BCUT2D eigenvalue weighted by Gasteiger charge is -2.18. The Morgan fingerprint density at radius 3 is 2.50 bits per heavy atom. The van der Waals surface area contributed by atoms with Crippen LogP contribution in [0.2, 0.25) is 5.02 Å². The molecule has 2 aromatic carbocycles. The van der Waals surface area contributed by atoms with Crippen molar-refractivity contribution >= 4 is 29.2 Å². The van der Waals surface area contributed by atoms with Crippen molar-refractivity contribution in [1.29, 1.82) is 0 Å². The van der Waals surface area contributed by atoms with Crippen molar-refractivity contribution in [3.05, 3.63) is 64.7 Å². The predicted molar refractivity (Wildman–Crippen MR) is 86.9 cm³/mol. The number of hydrogen-bond donors (Lipinski definition) is 2. The molecule has 0 aliphatic rings. The summed E-state index contributed by atoms with van der Waals surface area (Å²) < 4.78 is 0. The summed E-state index contributed by atoms with van der Waals surface area (Å²) in [4.78, 5) is 24.9. The van der Waals surface area contributed by atoms with E-state index in [0.717, 1.165) is 5.56 Å². The maximum absolute atomic E-state index is 12.4. The average molecular weight is 318 g/mol. The number of anilines is 1. The van der Waals surface area contributed by atoms with E-state index in [1.54, 1.807) is 48.3 Å². The molecule has 0 unspecified atom stereocenters. The molecular weight excluding hydrogens is 302 g/mol. The molecule has 5 nitrogen and oxygen atoms in total. The summed E-state index contributed by atoms with van der Waals surface area (Å²) in [6.45, 7) is 0.462. The smallest absolute Gasteiger partial charge is 0.316 e. The van der Waals surface area contributed by atoms with Gasteiger partial charge in [0, 0.05) is 29.9 Å². The Morgan fingerprint density at radius 2 is 1.86 bits per heavy atom. The third-order valence-corrected chi connectivity index (χ3v) is 3.31. The zero-order valence-electron chi connectivity index (χ0n) is 12.0. The Labute approximate surface area is 133 Å². The number of amides is 3. The molecule has 0 bridgehead atoms. The summed E-state index contributed by atoms with van der Waals surface area (Å²) in [6, 6.07) is 13.3. The molecule has 114 valence electrons. The highest BCUT2D eigenvalue weighted by atomic mass is 35.5. The van der Waals surface area contributed by atoms with Crippen LogP contribution in [0.4, 0.5) is 10.5 Å². The van der Waals surface area contributed by atoms with Crippen LogP contribution in [0.1, 0.15) is 15.9 Å². The highest BCUT2D eigenvalue weighted by Crippen LogP contribution is 2.15. The molecule has 0 saturated heterocycles. The van der Waals surface area contributed by atoms with Crippen LogP contribution in [0.5, 0.6) is 0 Å². The normalized spacial score (nSPS) is 10.1. The standard InChI is InChI=1S/C16H16ClN3O2/c1-20(10-11-5-7-13(17)8-6-11)15(21)12-3-2-4-14(9-12)19-16(18)22/h2-9H,10H2,1H3,(H3,18,19,22). The van der Waals surface area contributed by atoms with E-state index in [-0.39, 0.29) is 5.91 Å². The second-order valence-corrected chi connectivity index (χ2v) is 5.29. The van der Waals surface area contributed by atoms with Crippen molar-refractivity contribution in [3.8, 4) is 0 Å². The third-order valence-electron chi connectivity index (χ3n) is 3.06. The third kappa shape index (κ3) is 4.23. The number of benzene rings is 2. The van der Waals surface area contributed by atoms with Crippen LogP contribution in [0.15, 0.2) is 48.5 Å². The first-order chi connectivity index (χ1) is 10.5. The van der Waals surface area contributed by atoms with E-state index >= 15 is 0 Å². The highest BCUT2D eigenvalue weighted by Gasteiger charge is 2.12. The minimum atomic E-state index is -0.667. The maximum Gasteiger partial charge on any atom is 0.316 e. The van der Waals surface area contributed by atoms with E-state index in [1.807, 2.05) is 12.1 Å². The topological polar surface area (TPSA) is 75.4 Å². The number of nitrogens with zero attached hydrogens (tertiary/aromatic N) is 1. The number of carbonyl (C=O) groups excluding carboxylic acids is 2. The van der Waals surface area contributed by atoms with Gasteiger partial charge in [-0.1, -0.05) is 29.8 Å². The Kier molecular flexibility index (Phi) is 5.01. The lowest BCUT2D eigenvalue weighted by Crippen LogP contribution is -2.26. The number of primary amides is 1. The number of carbonyl (C=O) groups is 2. The molecule has 2 rings (SSSR count). The largest absolute Gasteiger partial charge is 0.351 e. The van der Waals surface area contributed by atoms with Crippen molar-refractivity contribution in [1.82, 2.24) is 4.90 Å². The van der Waals surface area contributed by atoms with E-state index < -0.39 is 6.03 Å². The first-order valence-corrected chi connectivity index (χ1v) is 7.00. The Hall–Kier alpha value is -2.53. The van der Waals surface area contributed by atoms with Crippen LogP contribution in [-0.2, 0) is 6.54 Å². The van der Waals surface area contributed by atoms with Crippen molar-refractivity contribution < 1.29 is 9.59 Å². The van der Waals surface area contributed by atoms with Gasteiger partial charge in [0.2, 0.25) is 0 Å². The second-order valence-electron chi connectivity index (χ2n) is 4.86. The minimum absolute atomic E-state index is 0.150. The molecule has 0 radical (unpaired) electrons.